The molecule has 0 aliphatic heterocycles. The number of thiophene rings is 1. The maximum Gasteiger partial charge on any atom is 0.319 e. The maximum atomic E-state index is 12.0. The molecule has 1 aliphatic rings. The van der Waals surface area contributed by atoms with Crippen molar-refractivity contribution >= 4 is 34.7 Å². The van der Waals surface area contributed by atoms with Crippen LogP contribution in [0.3, 0.4) is 0 Å². The van der Waals surface area contributed by atoms with Gasteiger partial charge in [-0.15, -0.1) is 11.3 Å². The lowest BCUT2D eigenvalue weighted by molar-refractivity contribution is 0.0193. The van der Waals surface area contributed by atoms with Crippen molar-refractivity contribution in [1.29, 1.82) is 0 Å². The smallest absolute Gasteiger partial charge is 0.319 e. The van der Waals surface area contributed by atoms with Gasteiger partial charge in [0.1, 0.15) is 0 Å². The van der Waals surface area contributed by atoms with Gasteiger partial charge < -0.3 is 15.7 Å². The third-order valence-electron chi connectivity index (χ3n) is 4.09. The summed E-state index contributed by atoms with van der Waals surface area (Å²) in [5, 5.41) is 19.4. The largest absolute Gasteiger partial charge is 0.393 e. The molecule has 2 aromatic rings. The summed E-state index contributed by atoms with van der Waals surface area (Å²) in [5.74, 6) is 0. The van der Waals surface area contributed by atoms with Gasteiger partial charge in [0.2, 0.25) is 0 Å². The highest BCUT2D eigenvalue weighted by Gasteiger charge is 2.44. The molecular weight excluding hydrogens is 320 g/mol. The van der Waals surface area contributed by atoms with E-state index in [0.717, 1.165) is 5.56 Å². The number of anilines is 1. The Balaban J connectivity index is 1.63. The maximum absolute atomic E-state index is 12.0. The van der Waals surface area contributed by atoms with E-state index in [4.69, 9.17) is 11.6 Å². The van der Waals surface area contributed by atoms with Crippen molar-refractivity contribution in [3.05, 3.63) is 51.7 Å². The van der Waals surface area contributed by atoms with E-state index in [1.165, 1.54) is 11.3 Å². The third kappa shape index (κ3) is 3.11. The quantitative estimate of drug-likeness (QED) is 0.798. The van der Waals surface area contributed by atoms with Crippen LogP contribution in [-0.4, -0.2) is 23.8 Å². The fourth-order valence-electron chi connectivity index (χ4n) is 2.90. The van der Waals surface area contributed by atoms with Crippen LogP contribution in [0.2, 0.25) is 5.02 Å². The summed E-state index contributed by atoms with van der Waals surface area (Å²) in [4.78, 5) is 12.0. The van der Waals surface area contributed by atoms with Gasteiger partial charge in [-0.05, 0) is 18.4 Å². The second kappa shape index (κ2) is 6.28. The fraction of sp³-hybridized carbons (Fsp3) is 0.312. The highest BCUT2D eigenvalue weighted by Crippen LogP contribution is 2.43. The topological polar surface area (TPSA) is 61.4 Å². The van der Waals surface area contributed by atoms with E-state index in [0.29, 0.717) is 30.1 Å². The van der Waals surface area contributed by atoms with Crippen LogP contribution < -0.4 is 10.6 Å². The zero-order valence-electron chi connectivity index (χ0n) is 11.9. The molecule has 1 fully saturated rings. The van der Waals surface area contributed by atoms with Gasteiger partial charge in [-0.3, -0.25) is 0 Å². The van der Waals surface area contributed by atoms with Crippen LogP contribution in [-0.2, 0) is 5.41 Å². The minimum Gasteiger partial charge on any atom is -0.393 e. The predicted octanol–water partition coefficient (Wildman–Crippen LogP) is 3.62. The average Bonchev–Trinajstić information content (AvgIpc) is 2.88. The van der Waals surface area contributed by atoms with Gasteiger partial charge in [-0.25, -0.2) is 4.79 Å². The van der Waals surface area contributed by atoms with Gasteiger partial charge in [-0.2, -0.15) is 0 Å². The number of hydrogen-bond acceptors (Lipinski definition) is 3. The van der Waals surface area contributed by atoms with Crippen LogP contribution in [0.1, 0.15) is 18.4 Å². The van der Waals surface area contributed by atoms with Crippen LogP contribution in [0.15, 0.2) is 41.1 Å². The number of carbonyl (C=O) groups is 1. The zero-order valence-corrected chi connectivity index (χ0v) is 13.5. The molecule has 1 aromatic heterocycles. The normalized spacial score (nSPS) is 23.6. The number of hydrogen-bond donors (Lipinski definition) is 3. The lowest BCUT2D eigenvalue weighted by Gasteiger charge is -2.46. The third-order valence-corrected chi connectivity index (χ3v) is 5.27. The Morgan fingerprint density at radius 3 is 2.64 bits per heavy atom. The number of amides is 2. The second-order valence-corrected chi connectivity index (χ2v) is 6.80. The molecule has 0 spiro atoms. The van der Waals surface area contributed by atoms with Crippen LogP contribution in [0, 0.1) is 0 Å². The van der Waals surface area contributed by atoms with Crippen LogP contribution >= 0.6 is 22.9 Å². The minimum atomic E-state index is -0.295. The first-order chi connectivity index (χ1) is 10.6. The van der Waals surface area contributed by atoms with Gasteiger partial charge >= 0.3 is 6.03 Å². The molecule has 3 N–H and O–H groups in total. The van der Waals surface area contributed by atoms with E-state index in [9.17, 15) is 9.90 Å². The van der Waals surface area contributed by atoms with Gasteiger partial charge in [0.05, 0.1) is 16.8 Å². The first-order valence-corrected chi connectivity index (χ1v) is 8.41. The number of benzene rings is 1. The molecule has 1 aromatic carbocycles. The molecule has 1 aliphatic carbocycles. The van der Waals surface area contributed by atoms with Crippen molar-refractivity contribution < 1.29 is 9.90 Å². The number of urea groups is 1. The number of aliphatic hydroxyl groups excluding tert-OH is 1. The molecule has 1 saturated carbocycles. The fourth-order valence-corrected chi connectivity index (χ4v) is 3.86. The van der Waals surface area contributed by atoms with Gasteiger partial charge in [0.15, 0.2) is 0 Å². The zero-order chi connectivity index (χ0) is 15.6. The highest BCUT2D eigenvalue weighted by atomic mass is 35.5. The number of aliphatic hydroxyl groups is 1. The Hall–Kier alpha value is -1.56. The lowest BCUT2D eigenvalue weighted by Crippen LogP contribution is -2.52. The Morgan fingerprint density at radius 2 is 2.05 bits per heavy atom. The van der Waals surface area contributed by atoms with E-state index in [1.54, 1.807) is 10.8 Å². The van der Waals surface area contributed by atoms with Crippen molar-refractivity contribution in [3.8, 4) is 0 Å². The molecule has 6 heteroatoms. The summed E-state index contributed by atoms with van der Waals surface area (Å²) in [6.07, 6.45) is 1.03. The van der Waals surface area contributed by atoms with Crippen molar-refractivity contribution in [2.24, 2.45) is 0 Å². The van der Waals surface area contributed by atoms with Crippen molar-refractivity contribution in [2.45, 2.75) is 24.4 Å². The standard InChI is InChI=1S/C16H17ClN2O2S/c17-13-8-22-9-14(13)19-15(21)18-10-16(6-12(20)7-16)11-4-2-1-3-5-11/h1-5,8-9,12,20H,6-7,10H2,(H2,18,19,21). The first kappa shape index (κ1) is 15.3. The average molecular weight is 337 g/mol. The monoisotopic (exact) mass is 336 g/mol. The lowest BCUT2D eigenvalue weighted by atomic mass is 9.62. The van der Waals surface area contributed by atoms with Crippen molar-refractivity contribution in [2.75, 3.05) is 11.9 Å². The van der Waals surface area contributed by atoms with Crippen LogP contribution in [0.25, 0.3) is 0 Å². The molecule has 2 amide bonds. The Labute approximate surface area is 138 Å². The number of carbonyl (C=O) groups excluding carboxylic acids is 1. The summed E-state index contributed by atoms with van der Waals surface area (Å²) in [7, 11) is 0. The van der Waals surface area contributed by atoms with Gasteiger partial charge in [0.25, 0.3) is 0 Å². The second-order valence-electron chi connectivity index (χ2n) is 5.65. The number of nitrogens with one attached hydrogen (secondary N) is 2. The van der Waals surface area contributed by atoms with Crippen LogP contribution in [0.4, 0.5) is 10.5 Å². The minimum absolute atomic E-state index is 0.184. The highest BCUT2D eigenvalue weighted by molar-refractivity contribution is 7.09. The van der Waals surface area contributed by atoms with Crippen molar-refractivity contribution in [3.63, 3.8) is 0 Å². The SMILES string of the molecule is O=C(NCC1(c2ccccc2)CC(O)C1)Nc1cscc1Cl. The molecule has 0 unspecified atom stereocenters. The molecule has 0 saturated heterocycles. The molecule has 22 heavy (non-hydrogen) atoms. The summed E-state index contributed by atoms with van der Waals surface area (Å²) in [6, 6.07) is 9.73. The Bertz CT molecular complexity index is 653. The number of halogens is 1. The molecule has 1 heterocycles. The molecule has 4 nitrogen and oxygen atoms in total. The van der Waals surface area contributed by atoms with E-state index in [1.807, 2.05) is 30.3 Å². The Kier molecular flexibility index (Phi) is 4.38. The predicted molar refractivity (Wildman–Crippen MR) is 89.7 cm³/mol. The van der Waals surface area contributed by atoms with Gasteiger partial charge in [-0.1, -0.05) is 41.9 Å². The van der Waals surface area contributed by atoms with E-state index in [-0.39, 0.29) is 17.6 Å². The van der Waals surface area contributed by atoms with E-state index < -0.39 is 0 Å². The Morgan fingerprint density at radius 1 is 1.32 bits per heavy atom. The molecule has 116 valence electrons. The van der Waals surface area contributed by atoms with Gasteiger partial charge in [0, 0.05) is 22.7 Å². The molecule has 3 rings (SSSR count). The number of rotatable bonds is 4. The summed E-state index contributed by atoms with van der Waals surface area (Å²) < 4.78 is 0. The van der Waals surface area contributed by atoms with Crippen molar-refractivity contribution in [1.82, 2.24) is 5.32 Å². The summed E-state index contributed by atoms with van der Waals surface area (Å²) >= 11 is 7.40. The molecule has 0 atom stereocenters. The molecular formula is C16H17ClN2O2S. The van der Waals surface area contributed by atoms with Crippen LogP contribution in [0.5, 0.6) is 0 Å². The molecule has 0 radical (unpaired) electrons. The van der Waals surface area contributed by atoms with E-state index >= 15 is 0 Å². The summed E-state index contributed by atoms with van der Waals surface area (Å²) in [6.45, 7) is 0.488. The summed E-state index contributed by atoms with van der Waals surface area (Å²) in [5.41, 5.74) is 1.58. The van der Waals surface area contributed by atoms with E-state index in [2.05, 4.69) is 10.6 Å². The first-order valence-electron chi connectivity index (χ1n) is 7.09. The molecule has 0 bridgehead atoms.